The number of halogens is 1. The minimum atomic E-state index is -3.96. The Hall–Kier alpha value is -3.82. The van der Waals surface area contributed by atoms with Gasteiger partial charge in [-0.05, 0) is 86.5 Å². The largest absolute Gasteiger partial charge is 0.506 e. The second kappa shape index (κ2) is 9.44. The van der Waals surface area contributed by atoms with E-state index in [2.05, 4.69) is 14.8 Å². The van der Waals surface area contributed by atoms with Crippen LogP contribution in [0.4, 0.5) is 11.4 Å². The average Bonchev–Trinajstić information content (AvgIpc) is 3.10. The first-order valence-electron chi connectivity index (χ1n) is 10.6. The van der Waals surface area contributed by atoms with Crippen molar-refractivity contribution in [3.63, 3.8) is 0 Å². The normalized spacial score (nSPS) is 11.8. The molecule has 35 heavy (non-hydrogen) atoms. The van der Waals surface area contributed by atoms with Crippen LogP contribution < -0.4 is 10.3 Å². The van der Waals surface area contributed by atoms with Gasteiger partial charge in [-0.3, -0.25) is 19.6 Å². The van der Waals surface area contributed by atoms with E-state index in [0.29, 0.717) is 16.9 Å². The van der Waals surface area contributed by atoms with E-state index in [1.165, 1.54) is 53.4 Å². The molecule has 1 heterocycles. The van der Waals surface area contributed by atoms with Crippen molar-refractivity contribution in [2.24, 2.45) is 4.99 Å². The van der Waals surface area contributed by atoms with E-state index in [0.717, 1.165) is 16.8 Å². The zero-order valence-electron chi connectivity index (χ0n) is 19.2. The fourth-order valence-electron chi connectivity index (χ4n) is 3.40. The Morgan fingerprint density at radius 3 is 2.40 bits per heavy atom. The summed E-state index contributed by atoms with van der Waals surface area (Å²) in [5.74, 6) is -0.243. The SMILES string of the molecule is Cc1ccc(-n2[nH]c(C)c(C=Nc3ccc(S(=O)(=O)Nc4cc(Cl)ccc4O)cc3)c2=O)cc1C. The minimum Gasteiger partial charge on any atom is -0.506 e. The number of aliphatic imine (C=N–C) groups is 1. The van der Waals surface area contributed by atoms with Crippen LogP contribution in [0.15, 0.2) is 75.3 Å². The van der Waals surface area contributed by atoms with Gasteiger partial charge < -0.3 is 5.11 Å². The number of phenolic OH excluding ortho intramolecular Hbond substituents is 1. The van der Waals surface area contributed by atoms with Gasteiger partial charge in [0.25, 0.3) is 15.6 Å². The predicted octanol–water partition coefficient (Wildman–Crippen LogP) is 5.00. The van der Waals surface area contributed by atoms with Crippen molar-refractivity contribution >= 4 is 39.2 Å². The van der Waals surface area contributed by atoms with Crippen molar-refractivity contribution in [3.8, 4) is 11.4 Å². The lowest BCUT2D eigenvalue weighted by molar-refractivity contribution is 0.477. The summed E-state index contributed by atoms with van der Waals surface area (Å²) in [6.07, 6.45) is 1.46. The number of aromatic hydroxyl groups is 1. The summed E-state index contributed by atoms with van der Waals surface area (Å²) < 4.78 is 29.1. The Bertz CT molecular complexity index is 1600. The smallest absolute Gasteiger partial charge is 0.280 e. The van der Waals surface area contributed by atoms with Gasteiger partial charge in [-0.1, -0.05) is 17.7 Å². The Morgan fingerprint density at radius 2 is 1.71 bits per heavy atom. The number of anilines is 1. The third-order valence-electron chi connectivity index (χ3n) is 5.56. The van der Waals surface area contributed by atoms with Crippen molar-refractivity contribution in [2.75, 3.05) is 4.72 Å². The molecule has 0 saturated heterocycles. The van der Waals surface area contributed by atoms with Gasteiger partial charge in [0.1, 0.15) is 5.75 Å². The topological polar surface area (TPSA) is 117 Å². The van der Waals surface area contributed by atoms with E-state index in [4.69, 9.17) is 11.6 Å². The summed E-state index contributed by atoms with van der Waals surface area (Å²) in [6.45, 7) is 5.78. The molecule has 1 aromatic heterocycles. The molecule has 4 aromatic rings. The number of aromatic amines is 1. The summed E-state index contributed by atoms with van der Waals surface area (Å²) in [4.78, 5) is 17.3. The van der Waals surface area contributed by atoms with Gasteiger partial charge in [-0.25, -0.2) is 13.1 Å². The van der Waals surface area contributed by atoms with E-state index >= 15 is 0 Å². The summed E-state index contributed by atoms with van der Waals surface area (Å²) in [7, 11) is -3.96. The number of aryl methyl sites for hydroxylation is 3. The highest BCUT2D eigenvalue weighted by molar-refractivity contribution is 7.92. The van der Waals surface area contributed by atoms with E-state index in [-0.39, 0.29) is 26.9 Å². The van der Waals surface area contributed by atoms with Crippen LogP contribution in [0, 0.1) is 20.8 Å². The fourth-order valence-corrected chi connectivity index (χ4v) is 4.64. The molecular weight excluding hydrogens is 488 g/mol. The molecule has 0 atom stereocenters. The quantitative estimate of drug-likeness (QED) is 0.250. The first kappa shape index (κ1) is 24.3. The van der Waals surface area contributed by atoms with E-state index in [1.54, 1.807) is 6.92 Å². The van der Waals surface area contributed by atoms with Gasteiger partial charge in [0.2, 0.25) is 0 Å². The van der Waals surface area contributed by atoms with Crippen molar-refractivity contribution in [3.05, 3.63) is 98.4 Å². The highest BCUT2D eigenvalue weighted by Gasteiger charge is 2.17. The molecule has 10 heteroatoms. The number of hydrogen-bond donors (Lipinski definition) is 3. The zero-order valence-corrected chi connectivity index (χ0v) is 20.8. The first-order valence-corrected chi connectivity index (χ1v) is 12.5. The summed E-state index contributed by atoms with van der Waals surface area (Å²) in [5, 5.41) is 13.2. The second-order valence-corrected chi connectivity index (χ2v) is 10.2. The fraction of sp³-hybridized carbons (Fsp3) is 0.120. The number of sulfonamides is 1. The van der Waals surface area contributed by atoms with Crippen LogP contribution in [0.25, 0.3) is 5.69 Å². The summed E-state index contributed by atoms with van der Waals surface area (Å²) in [5.41, 5.74) is 4.20. The van der Waals surface area contributed by atoms with E-state index in [9.17, 15) is 18.3 Å². The number of benzene rings is 3. The van der Waals surface area contributed by atoms with Crippen molar-refractivity contribution in [1.82, 2.24) is 9.78 Å². The lowest BCUT2D eigenvalue weighted by Crippen LogP contribution is -2.17. The monoisotopic (exact) mass is 510 g/mol. The standard InChI is InChI=1S/C25H23ClN4O4S/c1-15-4-8-20(12-16(15)2)30-25(32)22(17(3)28-30)14-27-19-6-9-21(10-7-19)35(33,34)29-23-13-18(26)5-11-24(23)31/h4-14,28-29,31H,1-3H3. The van der Waals surface area contributed by atoms with Gasteiger partial charge in [0.05, 0.1) is 27.5 Å². The molecular formula is C25H23ClN4O4S. The van der Waals surface area contributed by atoms with Crippen LogP contribution in [0.3, 0.4) is 0 Å². The van der Waals surface area contributed by atoms with Gasteiger partial charge >= 0.3 is 0 Å². The highest BCUT2D eigenvalue weighted by Crippen LogP contribution is 2.29. The van der Waals surface area contributed by atoms with Crippen LogP contribution in [-0.4, -0.2) is 29.5 Å². The molecule has 0 unspecified atom stereocenters. The highest BCUT2D eigenvalue weighted by atomic mass is 35.5. The molecule has 0 fully saturated rings. The number of nitrogens with zero attached hydrogens (tertiary/aromatic N) is 2. The molecule has 0 spiro atoms. The Labute approximate surface area is 207 Å². The molecule has 0 amide bonds. The Morgan fingerprint density at radius 1 is 1.00 bits per heavy atom. The Kier molecular flexibility index (Phi) is 6.56. The lowest BCUT2D eigenvalue weighted by Gasteiger charge is -2.10. The Balaban J connectivity index is 1.56. The van der Waals surface area contributed by atoms with Gasteiger partial charge in [-0.15, -0.1) is 0 Å². The molecule has 8 nitrogen and oxygen atoms in total. The maximum absolute atomic E-state index is 12.9. The molecule has 0 aliphatic carbocycles. The summed E-state index contributed by atoms with van der Waals surface area (Å²) in [6, 6.07) is 15.6. The molecule has 4 rings (SSSR count). The second-order valence-electron chi connectivity index (χ2n) is 8.08. The first-order chi connectivity index (χ1) is 16.5. The number of H-pyrrole nitrogens is 1. The molecule has 3 N–H and O–H groups in total. The number of hydrogen-bond acceptors (Lipinski definition) is 5. The van der Waals surface area contributed by atoms with Crippen LogP contribution in [0.5, 0.6) is 5.75 Å². The molecule has 180 valence electrons. The van der Waals surface area contributed by atoms with Crippen LogP contribution in [-0.2, 0) is 10.0 Å². The van der Waals surface area contributed by atoms with Crippen molar-refractivity contribution in [2.45, 2.75) is 25.7 Å². The van der Waals surface area contributed by atoms with Crippen LogP contribution in [0.2, 0.25) is 5.02 Å². The van der Waals surface area contributed by atoms with Crippen LogP contribution >= 0.6 is 11.6 Å². The third kappa shape index (κ3) is 5.16. The lowest BCUT2D eigenvalue weighted by atomic mass is 10.1. The minimum absolute atomic E-state index is 0.0225. The number of nitrogens with one attached hydrogen (secondary N) is 2. The molecule has 0 bridgehead atoms. The maximum Gasteiger partial charge on any atom is 0.280 e. The van der Waals surface area contributed by atoms with Crippen LogP contribution in [0.1, 0.15) is 22.4 Å². The van der Waals surface area contributed by atoms with Gasteiger partial charge in [0.15, 0.2) is 0 Å². The molecule has 0 aliphatic heterocycles. The van der Waals surface area contributed by atoms with Crippen molar-refractivity contribution in [1.29, 1.82) is 0 Å². The average molecular weight is 511 g/mol. The zero-order chi connectivity index (χ0) is 25.3. The van der Waals surface area contributed by atoms with E-state index < -0.39 is 10.0 Å². The molecule has 0 radical (unpaired) electrons. The molecule has 0 aliphatic rings. The summed E-state index contributed by atoms with van der Waals surface area (Å²) >= 11 is 5.88. The van der Waals surface area contributed by atoms with Gasteiger partial charge in [-0.2, -0.15) is 0 Å². The third-order valence-corrected chi connectivity index (χ3v) is 7.17. The van der Waals surface area contributed by atoms with E-state index in [1.807, 2.05) is 32.0 Å². The molecule has 3 aromatic carbocycles. The maximum atomic E-state index is 12.9. The number of aromatic nitrogens is 2. The number of rotatable bonds is 6. The van der Waals surface area contributed by atoms with Gasteiger partial charge in [0, 0.05) is 16.9 Å². The predicted molar refractivity (Wildman–Crippen MR) is 138 cm³/mol. The number of phenols is 1. The molecule has 0 saturated carbocycles. The van der Waals surface area contributed by atoms with Crippen molar-refractivity contribution < 1.29 is 13.5 Å².